The highest BCUT2D eigenvalue weighted by Crippen LogP contribution is 2.30. The molecule has 0 saturated heterocycles. The molecule has 2 rings (SSSR count). The van der Waals surface area contributed by atoms with E-state index in [9.17, 15) is 14.4 Å². The van der Waals surface area contributed by atoms with Crippen molar-refractivity contribution < 1.29 is 28.6 Å². The van der Waals surface area contributed by atoms with Crippen LogP contribution in [0.3, 0.4) is 0 Å². The average molecular weight is 420 g/mol. The molecular weight excluding hydrogens is 396 g/mol. The maximum atomic E-state index is 12.0. The van der Waals surface area contributed by atoms with Gasteiger partial charge in [0.1, 0.15) is 0 Å². The van der Waals surface area contributed by atoms with E-state index in [0.29, 0.717) is 36.0 Å². The van der Waals surface area contributed by atoms with Gasteiger partial charge in [-0.05, 0) is 45.9 Å². The molecule has 0 atom stereocenters. The Kier molecular flexibility index (Phi) is 8.02. The Morgan fingerprint density at radius 3 is 2.31 bits per heavy atom. The van der Waals surface area contributed by atoms with Crippen molar-refractivity contribution in [1.82, 2.24) is 5.32 Å². The lowest BCUT2D eigenvalue weighted by molar-refractivity contribution is -0.123. The molecule has 0 spiro atoms. The summed E-state index contributed by atoms with van der Waals surface area (Å²) in [5.74, 6) is -0.303. The smallest absolute Gasteiger partial charge is 0.339 e. The van der Waals surface area contributed by atoms with Crippen molar-refractivity contribution in [2.45, 2.75) is 27.7 Å². The van der Waals surface area contributed by atoms with E-state index in [0.717, 1.165) is 9.75 Å². The maximum absolute atomic E-state index is 12.0. The number of urea groups is 1. The molecule has 29 heavy (non-hydrogen) atoms. The second-order valence-corrected chi connectivity index (χ2v) is 7.39. The topological polar surface area (TPSA) is 103 Å². The van der Waals surface area contributed by atoms with Crippen LogP contribution in [0.25, 0.3) is 0 Å². The number of anilines is 1. The number of nitrogens with one attached hydrogen (secondary N) is 2. The quantitative estimate of drug-likeness (QED) is 0.632. The SMILES string of the molecule is CCOc1ccc(NC(=O)NC(=O)COC(=O)c2cc(C)sc2C)cc1OCC. The third kappa shape index (κ3) is 6.49. The van der Waals surface area contributed by atoms with Crippen molar-refractivity contribution >= 4 is 34.9 Å². The minimum atomic E-state index is -0.750. The number of amides is 3. The van der Waals surface area contributed by atoms with Crippen LogP contribution in [0.5, 0.6) is 11.5 Å². The number of hydrogen-bond acceptors (Lipinski definition) is 7. The Bertz CT molecular complexity index is 893. The third-order valence-electron chi connectivity index (χ3n) is 3.65. The first kappa shape index (κ1) is 22.2. The molecular formula is C20H24N2O6S. The highest BCUT2D eigenvalue weighted by molar-refractivity contribution is 7.12. The lowest BCUT2D eigenvalue weighted by atomic mass is 10.2. The summed E-state index contributed by atoms with van der Waals surface area (Å²) in [5.41, 5.74) is 0.839. The number of hydrogen-bond donors (Lipinski definition) is 2. The Balaban J connectivity index is 1.88. The summed E-state index contributed by atoms with van der Waals surface area (Å²) in [6, 6.07) is 5.84. The Morgan fingerprint density at radius 2 is 1.69 bits per heavy atom. The van der Waals surface area contributed by atoms with Crippen LogP contribution < -0.4 is 20.1 Å². The molecule has 0 unspecified atom stereocenters. The number of benzene rings is 1. The Labute approximate surface area is 173 Å². The molecule has 0 radical (unpaired) electrons. The fraction of sp³-hybridized carbons (Fsp3) is 0.350. The van der Waals surface area contributed by atoms with E-state index in [1.807, 2.05) is 20.8 Å². The van der Waals surface area contributed by atoms with Gasteiger partial charge in [-0.25, -0.2) is 9.59 Å². The van der Waals surface area contributed by atoms with Crippen molar-refractivity contribution in [1.29, 1.82) is 0 Å². The summed E-state index contributed by atoms with van der Waals surface area (Å²) in [5, 5.41) is 4.64. The molecule has 156 valence electrons. The van der Waals surface area contributed by atoms with E-state index in [1.54, 1.807) is 31.2 Å². The molecule has 0 aliphatic rings. The number of ether oxygens (including phenoxy) is 3. The molecule has 0 aliphatic heterocycles. The summed E-state index contributed by atoms with van der Waals surface area (Å²) in [4.78, 5) is 37.7. The minimum Gasteiger partial charge on any atom is -0.490 e. The van der Waals surface area contributed by atoms with Gasteiger partial charge in [0.2, 0.25) is 0 Å². The van der Waals surface area contributed by atoms with Crippen LogP contribution in [0.15, 0.2) is 24.3 Å². The second-order valence-electron chi connectivity index (χ2n) is 5.93. The number of esters is 1. The van der Waals surface area contributed by atoms with Crippen molar-refractivity contribution in [2.24, 2.45) is 0 Å². The van der Waals surface area contributed by atoms with Gasteiger partial charge in [0.05, 0.1) is 18.8 Å². The molecule has 0 saturated carbocycles. The fourth-order valence-electron chi connectivity index (χ4n) is 2.50. The van der Waals surface area contributed by atoms with Gasteiger partial charge >= 0.3 is 12.0 Å². The molecule has 0 aliphatic carbocycles. The predicted molar refractivity (Wildman–Crippen MR) is 110 cm³/mol. The molecule has 2 aromatic rings. The van der Waals surface area contributed by atoms with E-state index in [2.05, 4.69) is 10.6 Å². The summed E-state index contributed by atoms with van der Waals surface area (Å²) >= 11 is 1.47. The van der Waals surface area contributed by atoms with Crippen LogP contribution >= 0.6 is 11.3 Å². The predicted octanol–water partition coefficient (Wildman–Crippen LogP) is 3.67. The largest absolute Gasteiger partial charge is 0.490 e. The first-order valence-corrected chi connectivity index (χ1v) is 9.90. The maximum Gasteiger partial charge on any atom is 0.339 e. The van der Waals surface area contributed by atoms with Gasteiger partial charge in [0.25, 0.3) is 5.91 Å². The molecule has 0 bridgehead atoms. The molecule has 0 fully saturated rings. The first-order valence-electron chi connectivity index (χ1n) is 9.08. The summed E-state index contributed by atoms with van der Waals surface area (Å²) < 4.78 is 15.9. The van der Waals surface area contributed by atoms with Crippen LogP contribution in [0.2, 0.25) is 0 Å². The van der Waals surface area contributed by atoms with Crippen LogP contribution in [0.4, 0.5) is 10.5 Å². The van der Waals surface area contributed by atoms with Crippen LogP contribution in [0, 0.1) is 13.8 Å². The van der Waals surface area contributed by atoms with E-state index < -0.39 is 24.5 Å². The number of carbonyl (C=O) groups is 3. The highest BCUT2D eigenvalue weighted by Gasteiger charge is 2.16. The Hall–Kier alpha value is -3.07. The monoisotopic (exact) mass is 420 g/mol. The standard InChI is InChI=1S/C20H24N2O6S/c1-5-26-16-8-7-14(10-17(16)27-6-2)21-20(25)22-18(23)11-28-19(24)15-9-12(3)29-13(15)4/h7-10H,5-6,11H2,1-4H3,(H2,21,22,23,25). The summed E-state index contributed by atoms with van der Waals surface area (Å²) in [6.07, 6.45) is 0. The van der Waals surface area contributed by atoms with Crippen LogP contribution in [0.1, 0.15) is 34.0 Å². The van der Waals surface area contributed by atoms with Gasteiger partial charge in [-0.15, -0.1) is 11.3 Å². The zero-order valence-electron chi connectivity index (χ0n) is 16.8. The van der Waals surface area contributed by atoms with E-state index in [4.69, 9.17) is 14.2 Å². The zero-order valence-corrected chi connectivity index (χ0v) is 17.6. The molecule has 2 N–H and O–H groups in total. The molecule has 8 nitrogen and oxygen atoms in total. The molecule has 9 heteroatoms. The van der Waals surface area contributed by atoms with Crippen LogP contribution in [-0.2, 0) is 9.53 Å². The average Bonchev–Trinajstić information content (AvgIpc) is 3.00. The third-order valence-corrected chi connectivity index (χ3v) is 4.62. The van der Waals surface area contributed by atoms with Gasteiger partial charge < -0.3 is 19.5 Å². The van der Waals surface area contributed by atoms with Crippen LogP contribution in [-0.4, -0.2) is 37.7 Å². The zero-order chi connectivity index (χ0) is 21.4. The molecule has 1 aromatic carbocycles. The lowest BCUT2D eigenvalue weighted by Crippen LogP contribution is -2.37. The Morgan fingerprint density at radius 1 is 1.00 bits per heavy atom. The second kappa shape index (κ2) is 10.5. The van der Waals surface area contributed by atoms with E-state index in [1.165, 1.54) is 11.3 Å². The van der Waals surface area contributed by atoms with Crippen molar-refractivity contribution in [3.63, 3.8) is 0 Å². The number of rotatable bonds is 8. The van der Waals surface area contributed by atoms with Crippen molar-refractivity contribution in [3.8, 4) is 11.5 Å². The fourth-order valence-corrected chi connectivity index (χ4v) is 3.41. The number of imide groups is 1. The van der Waals surface area contributed by atoms with E-state index >= 15 is 0 Å². The molecule has 3 amide bonds. The van der Waals surface area contributed by atoms with Gasteiger partial charge in [-0.2, -0.15) is 0 Å². The number of carbonyl (C=O) groups excluding carboxylic acids is 3. The highest BCUT2D eigenvalue weighted by atomic mass is 32.1. The van der Waals surface area contributed by atoms with Gasteiger partial charge in [0.15, 0.2) is 18.1 Å². The molecule has 1 aromatic heterocycles. The van der Waals surface area contributed by atoms with Gasteiger partial charge in [-0.1, -0.05) is 0 Å². The first-order chi connectivity index (χ1) is 13.8. The van der Waals surface area contributed by atoms with Gasteiger partial charge in [0, 0.05) is 21.5 Å². The number of thiophene rings is 1. The van der Waals surface area contributed by atoms with Crippen molar-refractivity contribution in [2.75, 3.05) is 25.1 Å². The molecule has 1 heterocycles. The summed E-state index contributed by atoms with van der Waals surface area (Å²) in [7, 11) is 0. The normalized spacial score (nSPS) is 10.2. The van der Waals surface area contributed by atoms with Crippen molar-refractivity contribution in [3.05, 3.63) is 39.6 Å². The van der Waals surface area contributed by atoms with Gasteiger partial charge in [-0.3, -0.25) is 10.1 Å². The summed E-state index contributed by atoms with van der Waals surface area (Å²) in [6.45, 7) is 7.72. The lowest BCUT2D eigenvalue weighted by Gasteiger charge is -2.13. The minimum absolute atomic E-state index is 0.419. The number of aryl methyl sites for hydroxylation is 2. The van der Waals surface area contributed by atoms with E-state index in [-0.39, 0.29) is 0 Å².